The Kier molecular flexibility index (Phi) is 2.36. The molecule has 102 valence electrons. The summed E-state index contributed by atoms with van der Waals surface area (Å²) >= 11 is 0. The quantitative estimate of drug-likeness (QED) is 0.354. The van der Waals surface area contributed by atoms with Crippen LogP contribution in [0.4, 0.5) is 8.78 Å². The molecule has 0 aliphatic heterocycles. The van der Waals surface area contributed by atoms with Crippen molar-refractivity contribution in [2.24, 2.45) is 0 Å². The second-order valence-corrected chi connectivity index (χ2v) is 4.85. The smallest absolute Gasteiger partial charge is 0.201 e. The Morgan fingerprint density at radius 2 is 1.71 bits per heavy atom. The molecule has 0 aliphatic carbocycles. The molecule has 1 aromatic heterocycles. The molecule has 1 heterocycles. The van der Waals surface area contributed by atoms with E-state index >= 15 is 0 Å². The van der Waals surface area contributed by atoms with E-state index in [4.69, 9.17) is 4.42 Å². The van der Waals surface area contributed by atoms with Crippen LogP contribution in [0.3, 0.4) is 0 Å². The molecule has 2 nitrogen and oxygen atoms in total. The summed E-state index contributed by atoms with van der Waals surface area (Å²) in [5.41, 5.74) is 0.0424. The van der Waals surface area contributed by atoms with E-state index in [1.165, 1.54) is 18.2 Å². The van der Waals surface area contributed by atoms with Crippen LogP contribution in [-0.2, 0) is 0 Å². The fraction of sp³-hybridized carbons (Fsp3) is 0. The Bertz CT molecular complexity index is 1080. The number of benzene rings is 3. The van der Waals surface area contributed by atoms with E-state index in [2.05, 4.69) is 0 Å². The van der Waals surface area contributed by atoms with E-state index in [9.17, 15) is 13.6 Å². The first-order chi connectivity index (χ1) is 10.1. The molecule has 0 spiro atoms. The summed E-state index contributed by atoms with van der Waals surface area (Å²) in [5, 5.41) is 1.27. The molecule has 0 bridgehead atoms. The largest absolute Gasteiger partial charge is 0.456 e. The molecule has 0 N–H and O–H groups in total. The third-order valence-corrected chi connectivity index (χ3v) is 3.59. The monoisotopic (exact) mass is 282 g/mol. The SMILES string of the molecule is O=c1c2ccc(F)cc2oc2ccc3cccc(F)c3c12. The van der Waals surface area contributed by atoms with Crippen LogP contribution in [0.2, 0.25) is 0 Å². The Morgan fingerprint density at radius 3 is 2.57 bits per heavy atom. The van der Waals surface area contributed by atoms with Crippen LogP contribution in [0, 0.1) is 11.6 Å². The summed E-state index contributed by atoms with van der Waals surface area (Å²) < 4.78 is 32.9. The van der Waals surface area contributed by atoms with Crippen molar-refractivity contribution < 1.29 is 13.2 Å². The van der Waals surface area contributed by atoms with Crippen LogP contribution >= 0.6 is 0 Å². The summed E-state index contributed by atoms with van der Waals surface area (Å²) in [5.74, 6) is -0.969. The summed E-state index contributed by atoms with van der Waals surface area (Å²) in [6, 6.07) is 11.6. The van der Waals surface area contributed by atoms with Gasteiger partial charge in [0.1, 0.15) is 22.8 Å². The minimum absolute atomic E-state index is 0.156. The van der Waals surface area contributed by atoms with E-state index in [0.717, 1.165) is 6.07 Å². The van der Waals surface area contributed by atoms with Crippen molar-refractivity contribution in [3.05, 3.63) is 70.4 Å². The second-order valence-electron chi connectivity index (χ2n) is 4.85. The molecule has 4 aromatic rings. The molecular formula is C17H8F2O2. The van der Waals surface area contributed by atoms with E-state index in [1.807, 2.05) is 0 Å². The van der Waals surface area contributed by atoms with E-state index < -0.39 is 11.6 Å². The molecule has 4 heteroatoms. The minimum atomic E-state index is -0.489. The fourth-order valence-electron chi connectivity index (χ4n) is 2.65. The van der Waals surface area contributed by atoms with Crippen molar-refractivity contribution >= 4 is 32.7 Å². The maximum Gasteiger partial charge on any atom is 0.201 e. The van der Waals surface area contributed by atoms with Crippen molar-refractivity contribution in [3.8, 4) is 0 Å². The standard InChI is InChI=1S/C17H8F2O2/c18-10-5-6-11-14(8-10)21-13-7-4-9-2-1-3-12(19)15(9)16(13)17(11)20/h1-8H. The van der Waals surface area contributed by atoms with Gasteiger partial charge in [-0.3, -0.25) is 4.79 Å². The van der Waals surface area contributed by atoms with Gasteiger partial charge in [0, 0.05) is 11.5 Å². The average Bonchev–Trinajstić information content (AvgIpc) is 2.47. The number of fused-ring (bicyclic) bond motifs is 4. The van der Waals surface area contributed by atoms with E-state index in [-0.39, 0.29) is 32.8 Å². The number of hydrogen-bond donors (Lipinski definition) is 0. The van der Waals surface area contributed by atoms with Gasteiger partial charge in [-0.05, 0) is 29.7 Å². The van der Waals surface area contributed by atoms with Crippen LogP contribution in [0.5, 0.6) is 0 Å². The molecular weight excluding hydrogens is 274 g/mol. The van der Waals surface area contributed by atoms with E-state index in [0.29, 0.717) is 5.39 Å². The van der Waals surface area contributed by atoms with Crippen molar-refractivity contribution in [1.29, 1.82) is 0 Å². The third kappa shape index (κ3) is 1.65. The highest BCUT2D eigenvalue weighted by atomic mass is 19.1. The van der Waals surface area contributed by atoms with Gasteiger partial charge in [0.2, 0.25) is 5.43 Å². The summed E-state index contributed by atoms with van der Waals surface area (Å²) in [6.07, 6.45) is 0. The summed E-state index contributed by atoms with van der Waals surface area (Å²) in [6.45, 7) is 0. The van der Waals surface area contributed by atoms with Crippen molar-refractivity contribution in [3.63, 3.8) is 0 Å². The Labute approximate surface area is 117 Å². The normalized spacial score (nSPS) is 11.5. The van der Waals surface area contributed by atoms with Crippen LogP contribution in [0.25, 0.3) is 32.7 Å². The first-order valence-electron chi connectivity index (χ1n) is 6.38. The van der Waals surface area contributed by atoms with Gasteiger partial charge in [0.05, 0.1) is 10.8 Å². The highest BCUT2D eigenvalue weighted by Gasteiger charge is 2.13. The predicted molar refractivity (Wildman–Crippen MR) is 77.4 cm³/mol. The maximum absolute atomic E-state index is 14.1. The van der Waals surface area contributed by atoms with Crippen LogP contribution in [0.15, 0.2) is 57.7 Å². The molecule has 0 atom stereocenters. The minimum Gasteiger partial charge on any atom is -0.456 e. The maximum atomic E-state index is 14.1. The Hall–Kier alpha value is -2.75. The van der Waals surface area contributed by atoms with Crippen molar-refractivity contribution in [2.45, 2.75) is 0 Å². The fourth-order valence-corrected chi connectivity index (χ4v) is 2.65. The predicted octanol–water partition coefficient (Wildman–Crippen LogP) is 4.38. The van der Waals surface area contributed by atoms with Gasteiger partial charge in [0.25, 0.3) is 0 Å². The lowest BCUT2D eigenvalue weighted by molar-refractivity contribution is 0.615. The zero-order valence-corrected chi connectivity index (χ0v) is 10.7. The van der Waals surface area contributed by atoms with Gasteiger partial charge in [-0.25, -0.2) is 8.78 Å². The molecule has 3 aromatic carbocycles. The topological polar surface area (TPSA) is 30.2 Å². The molecule has 0 saturated heterocycles. The van der Waals surface area contributed by atoms with Crippen LogP contribution < -0.4 is 5.43 Å². The van der Waals surface area contributed by atoms with E-state index in [1.54, 1.807) is 24.3 Å². The lowest BCUT2D eigenvalue weighted by Crippen LogP contribution is -2.03. The summed E-state index contributed by atoms with van der Waals surface area (Å²) in [7, 11) is 0. The number of halogens is 2. The van der Waals surface area contributed by atoms with Gasteiger partial charge in [-0.2, -0.15) is 0 Å². The highest BCUT2D eigenvalue weighted by Crippen LogP contribution is 2.28. The first kappa shape index (κ1) is 12.0. The molecule has 0 amide bonds. The Balaban J connectivity index is 2.35. The molecule has 0 saturated carbocycles. The molecule has 0 radical (unpaired) electrons. The molecule has 0 unspecified atom stereocenters. The second kappa shape index (κ2) is 4.12. The molecule has 0 fully saturated rings. The number of rotatable bonds is 0. The van der Waals surface area contributed by atoms with Crippen LogP contribution in [-0.4, -0.2) is 0 Å². The van der Waals surface area contributed by atoms with Gasteiger partial charge >= 0.3 is 0 Å². The number of hydrogen-bond acceptors (Lipinski definition) is 2. The Morgan fingerprint density at radius 1 is 0.857 bits per heavy atom. The summed E-state index contributed by atoms with van der Waals surface area (Å²) in [4.78, 5) is 12.6. The van der Waals surface area contributed by atoms with Crippen LogP contribution in [0.1, 0.15) is 0 Å². The zero-order chi connectivity index (χ0) is 14.6. The van der Waals surface area contributed by atoms with Gasteiger partial charge in [-0.15, -0.1) is 0 Å². The van der Waals surface area contributed by atoms with Gasteiger partial charge in [0.15, 0.2) is 0 Å². The third-order valence-electron chi connectivity index (χ3n) is 3.59. The van der Waals surface area contributed by atoms with Gasteiger partial charge in [-0.1, -0.05) is 18.2 Å². The molecule has 4 rings (SSSR count). The first-order valence-corrected chi connectivity index (χ1v) is 6.38. The molecule has 0 aliphatic rings. The zero-order valence-electron chi connectivity index (χ0n) is 10.7. The average molecular weight is 282 g/mol. The van der Waals surface area contributed by atoms with Crippen molar-refractivity contribution in [2.75, 3.05) is 0 Å². The lowest BCUT2D eigenvalue weighted by Gasteiger charge is -2.05. The highest BCUT2D eigenvalue weighted by molar-refractivity contribution is 6.08. The van der Waals surface area contributed by atoms with Gasteiger partial charge < -0.3 is 4.42 Å². The van der Waals surface area contributed by atoms with Crippen molar-refractivity contribution in [1.82, 2.24) is 0 Å². The molecule has 21 heavy (non-hydrogen) atoms. The lowest BCUT2D eigenvalue weighted by atomic mass is 10.0.